The summed E-state index contributed by atoms with van der Waals surface area (Å²) in [4.78, 5) is 93.9. The van der Waals surface area contributed by atoms with Gasteiger partial charge in [-0.15, -0.1) is 0 Å². The van der Waals surface area contributed by atoms with Crippen LogP contribution in [0.4, 0.5) is 4.79 Å². The maximum atomic E-state index is 13.5. The number of benzene rings is 2. The van der Waals surface area contributed by atoms with E-state index in [-0.39, 0.29) is 80.3 Å². The van der Waals surface area contributed by atoms with Gasteiger partial charge in [-0.3, -0.25) is 39.4 Å². The number of nitrogens with one attached hydrogen (secondary N) is 2. The number of carbonyl (C=O) groups excluding carboxylic acids is 7. The molecule has 0 saturated carbocycles. The molecule has 2 aromatic rings. The largest absolute Gasteiger partial charge is 0.444 e. The molecule has 2 aromatic carbocycles. The first kappa shape index (κ1) is 33.4. The van der Waals surface area contributed by atoms with Crippen molar-refractivity contribution in [2.75, 3.05) is 6.54 Å². The molecule has 3 saturated heterocycles. The first-order valence-corrected chi connectivity index (χ1v) is 17.2. The van der Waals surface area contributed by atoms with Crippen molar-refractivity contribution in [1.82, 2.24) is 25.3 Å². The van der Waals surface area contributed by atoms with Gasteiger partial charge in [-0.2, -0.15) is 0 Å². The molecule has 5 atom stereocenters. The highest BCUT2D eigenvalue weighted by molar-refractivity contribution is 6.06. The smallest absolute Gasteiger partial charge is 0.410 e. The van der Waals surface area contributed by atoms with Gasteiger partial charge in [0.2, 0.25) is 23.6 Å². The molecule has 5 aliphatic heterocycles. The van der Waals surface area contributed by atoms with Crippen LogP contribution in [0.25, 0.3) is 0 Å². The Morgan fingerprint density at radius 1 is 0.740 bits per heavy atom. The molecular weight excluding hydrogens is 642 g/mol. The van der Waals surface area contributed by atoms with E-state index in [9.17, 15) is 33.6 Å². The lowest BCUT2D eigenvalue weighted by Crippen LogP contribution is -2.52. The van der Waals surface area contributed by atoms with Crippen LogP contribution in [0.2, 0.25) is 0 Å². The molecule has 7 amide bonds. The monoisotopic (exact) mass is 683 g/mol. The summed E-state index contributed by atoms with van der Waals surface area (Å²) in [7, 11) is 0. The summed E-state index contributed by atoms with van der Waals surface area (Å²) in [5, 5.41) is 4.69. The Bertz CT molecular complexity index is 1850. The average Bonchev–Trinajstić information content (AvgIpc) is 3.55. The van der Waals surface area contributed by atoms with Gasteiger partial charge in [-0.1, -0.05) is 24.3 Å². The molecular formula is C37H41N5O8. The van der Waals surface area contributed by atoms with Crippen molar-refractivity contribution in [1.29, 1.82) is 0 Å². The van der Waals surface area contributed by atoms with Gasteiger partial charge < -0.3 is 19.4 Å². The Morgan fingerprint density at radius 3 is 1.74 bits per heavy atom. The van der Waals surface area contributed by atoms with Crippen molar-refractivity contribution in [3.63, 3.8) is 0 Å². The van der Waals surface area contributed by atoms with E-state index < -0.39 is 35.6 Å². The van der Waals surface area contributed by atoms with E-state index in [2.05, 4.69) is 10.6 Å². The Hall–Kier alpha value is -5.07. The van der Waals surface area contributed by atoms with Crippen molar-refractivity contribution in [3.8, 4) is 0 Å². The quantitative estimate of drug-likeness (QED) is 0.465. The number of hydrogen-bond acceptors (Lipinski definition) is 8. The maximum Gasteiger partial charge on any atom is 0.410 e. The first-order valence-electron chi connectivity index (χ1n) is 17.2. The van der Waals surface area contributed by atoms with Crippen LogP contribution in [-0.2, 0) is 37.0 Å². The highest BCUT2D eigenvalue weighted by Gasteiger charge is 2.44. The van der Waals surface area contributed by atoms with Crippen LogP contribution in [-0.4, -0.2) is 86.5 Å². The Morgan fingerprint density at radius 2 is 1.24 bits per heavy atom. The molecule has 3 fully saturated rings. The van der Waals surface area contributed by atoms with E-state index >= 15 is 0 Å². The molecule has 0 aliphatic carbocycles. The molecule has 0 aromatic heterocycles. The summed E-state index contributed by atoms with van der Waals surface area (Å²) in [6, 6.07) is 9.72. The van der Waals surface area contributed by atoms with Crippen LogP contribution in [0.3, 0.4) is 0 Å². The van der Waals surface area contributed by atoms with E-state index in [1.165, 1.54) is 9.80 Å². The van der Waals surface area contributed by atoms with Crippen LogP contribution in [0.15, 0.2) is 36.4 Å². The van der Waals surface area contributed by atoms with Crippen LogP contribution < -0.4 is 10.6 Å². The lowest BCUT2D eigenvalue weighted by Gasteiger charge is -2.45. The third-order valence-electron chi connectivity index (χ3n) is 10.7. The molecule has 2 N–H and O–H groups in total. The van der Waals surface area contributed by atoms with E-state index in [4.69, 9.17) is 4.74 Å². The molecule has 7 rings (SSSR count). The van der Waals surface area contributed by atoms with Gasteiger partial charge in [0.25, 0.3) is 11.8 Å². The second kappa shape index (κ2) is 12.4. The second-order valence-corrected chi connectivity index (χ2v) is 15.0. The Kier molecular flexibility index (Phi) is 8.26. The van der Waals surface area contributed by atoms with Crippen molar-refractivity contribution in [2.45, 2.75) is 108 Å². The molecule has 262 valence electrons. The highest BCUT2D eigenvalue weighted by Crippen LogP contribution is 2.46. The molecule has 50 heavy (non-hydrogen) atoms. The van der Waals surface area contributed by atoms with Gasteiger partial charge in [0.05, 0.1) is 0 Å². The minimum atomic E-state index is -0.728. The number of nitrogens with zero attached hydrogens (tertiary/aromatic N) is 3. The van der Waals surface area contributed by atoms with E-state index in [0.717, 1.165) is 22.3 Å². The fourth-order valence-corrected chi connectivity index (χ4v) is 8.28. The summed E-state index contributed by atoms with van der Waals surface area (Å²) < 4.78 is 5.79. The van der Waals surface area contributed by atoms with E-state index in [1.54, 1.807) is 17.0 Å². The first-order chi connectivity index (χ1) is 23.7. The van der Waals surface area contributed by atoms with Crippen molar-refractivity contribution >= 4 is 41.5 Å². The summed E-state index contributed by atoms with van der Waals surface area (Å²) in [6.07, 6.45) is 1.09. The zero-order valence-electron chi connectivity index (χ0n) is 28.6. The van der Waals surface area contributed by atoms with E-state index in [0.29, 0.717) is 24.1 Å². The van der Waals surface area contributed by atoms with Crippen molar-refractivity contribution in [3.05, 3.63) is 69.8 Å². The fourth-order valence-electron chi connectivity index (χ4n) is 8.28. The average molecular weight is 684 g/mol. The zero-order chi connectivity index (χ0) is 35.6. The summed E-state index contributed by atoms with van der Waals surface area (Å²) in [6.45, 7) is 8.41. The van der Waals surface area contributed by atoms with Crippen LogP contribution >= 0.6 is 0 Å². The number of carbonyl (C=O) groups is 7. The molecule has 5 unspecified atom stereocenters. The number of fused-ring (bicyclic) bond motifs is 2. The number of imide groups is 2. The minimum Gasteiger partial charge on any atom is -0.444 e. The van der Waals surface area contributed by atoms with Gasteiger partial charge in [0.15, 0.2) is 0 Å². The zero-order valence-corrected chi connectivity index (χ0v) is 28.6. The molecule has 13 heteroatoms. The highest BCUT2D eigenvalue weighted by atomic mass is 16.6. The van der Waals surface area contributed by atoms with Crippen LogP contribution in [0.5, 0.6) is 0 Å². The Balaban J connectivity index is 1.20. The minimum absolute atomic E-state index is 0.0740. The summed E-state index contributed by atoms with van der Waals surface area (Å²) in [5.74, 6) is -2.40. The van der Waals surface area contributed by atoms with Gasteiger partial charge >= 0.3 is 6.09 Å². The third kappa shape index (κ3) is 5.92. The van der Waals surface area contributed by atoms with Gasteiger partial charge in [0, 0.05) is 55.6 Å². The standard InChI is InChI=1S/C37H41N5O8/c1-19-31(21-6-8-26-23(16-21)18-42(35(26)48)28-10-12-30(44)39-33(28)46)24(13-14-40(19)36(49)50-37(2,3)4)20-5-7-25-22(15-20)17-41(34(25)47)27-9-11-29(43)38-32(27)45/h5-8,15-16,19,24,27-28,31H,9-14,17-18H2,1-4H3,(H,38,43,45)(H,39,44,46). The van der Waals surface area contributed by atoms with Gasteiger partial charge in [-0.25, -0.2) is 4.79 Å². The second-order valence-electron chi connectivity index (χ2n) is 15.0. The molecule has 0 spiro atoms. The molecule has 5 heterocycles. The maximum absolute atomic E-state index is 13.5. The molecule has 0 bridgehead atoms. The topological polar surface area (TPSA) is 162 Å². The number of piperidine rings is 3. The number of hydrogen-bond donors (Lipinski definition) is 2. The van der Waals surface area contributed by atoms with E-state index in [1.807, 2.05) is 52.0 Å². The number of rotatable bonds is 4. The number of amides is 7. The Labute approximate surface area is 289 Å². The predicted octanol–water partition coefficient (Wildman–Crippen LogP) is 3.11. The summed E-state index contributed by atoms with van der Waals surface area (Å²) in [5.41, 5.74) is 3.84. The SMILES string of the molecule is CC1C(c2ccc3c(c2)CN(C2CCC(=O)NC2=O)C3=O)C(c2ccc3c(c2)CN(C2CCC(=O)NC2=O)C3=O)CCN1C(=O)OC(C)(C)C. The van der Waals surface area contributed by atoms with Crippen LogP contribution in [0, 0.1) is 0 Å². The number of likely N-dealkylation sites (tertiary alicyclic amines) is 1. The normalized spacial score (nSPS) is 26.9. The lowest BCUT2D eigenvalue weighted by molar-refractivity contribution is -0.138. The molecule has 5 aliphatic rings. The van der Waals surface area contributed by atoms with Crippen LogP contribution in [0.1, 0.15) is 115 Å². The predicted molar refractivity (Wildman–Crippen MR) is 177 cm³/mol. The van der Waals surface area contributed by atoms with Gasteiger partial charge in [-0.05, 0) is 87.3 Å². The van der Waals surface area contributed by atoms with Crippen molar-refractivity contribution < 1.29 is 38.3 Å². The van der Waals surface area contributed by atoms with Crippen molar-refractivity contribution in [2.24, 2.45) is 0 Å². The summed E-state index contributed by atoms with van der Waals surface area (Å²) >= 11 is 0. The molecule has 0 radical (unpaired) electrons. The third-order valence-corrected chi connectivity index (χ3v) is 10.7. The number of ether oxygens (including phenoxy) is 1. The molecule has 13 nitrogen and oxygen atoms in total. The lowest BCUT2D eigenvalue weighted by atomic mass is 9.72. The fraction of sp³-hybridized carbons (Fsp3) is 0.486. The van der Waals surface area contributed by atoms with Gasteiger partial charge in [0.1, 0.15) is 17.7 Å².